The first kappa shape index (κ1) is 10.1. The summed E-state index contributed by atoms with van der Waals surface area (Å²) in [5.41, 5.74) is 5.65. The second-order valence-electron chi connectivity index (χ2n) is 3.37. The molecule has 1 aromatic heterocycles. The summed E-state index contributed by atoms with van der Waals surface area (Å²) in [6.45, 7) is 3.49. The molecule has 0 saturated heterocycles. The number of nitrogens with two attached hydrogens (primary N) is 1. The number of aryl methyl sites for hydroxylation is 1. The third-order valence-electron chi connectivity index (χ3n) is 1.56. The van der Waals surface area contributed by atoms with Crippen molar-refractivity contribution in [1.29, 1.82) is 0 Å². The van der Waals surface area contributed by atoms with Crippen LogP contribution in [0.25, 0.3) is 0 Å². The lowest BCUT2D eigenvalue weighted by Gasteiger charge is -2.16. The van der Waals surface area contributed by atoms with Gasteiger partial charge in [0, 0.05) is 12.6 Å². The maximum Gasteiger partial charge on any atom is 0.188 e. The Bertz CT molecular complexity index is 255. The van der Waals surface area contributed by atoms with Crippen LogP contribution in [0.15, 0.2) is 0 Å². The van der Waals surface area contributed by atoms with Crippen molar-refractivity contribution in [1.82, 2.24) is 25.1 Å². The van der Waals surface area contributed by atoms with Gasteiger partial charge < -0.3 is 5.73 Å². The highest BCUT2D eigenvalue weighted by Crippen LogP contribution is 1.94. The fraction of sp³-hybridized carbons (Fsp3) is 0.857. The highest BCUT2D eigenvalue weighted by atomic mass is 15.6. The molecule has 0 aromatic carbocycles. The summed E-state index contributed by atoms with van der Waals surface area (Å²) in [5.74, 6) is 0.727. The van der Waals surface area contributed by atoms with Crippen LogP contribution in [0.1, 0.15) is 12.7 Å². The van der Waals surface area contributed by atoms with Gasteiger partial charge in [0.15, 0.2) is 5.82 Å². The number of nitrogens with zero attached hydrogens (tertiary/aromatic N) is 5. The molecule has 0 aliphatic heterocycles. The van der Waals surface area contributed by atoms with E-state index >= 15 is 0 Å². The molecule has 6 nitrogen and oxygen atoms in total. The van der Waals surface area contributed by atoms with Crippen LogP contribution < -0.4 is 5.73 Å². The average molecular weight is 184 g/mol. The molecule has 13 heavy (non-hydrogen) atoms. The molecule has 1 heterocycles. The van der Waals surface area contributed by atoms with Crippen LogP contribution in [-0.2, 0) is 13.6 Å². The fourth-order valence-electron chi connectivity index (χ4n) is 1.18. The predicted molar refractivity (Wildman–Crippen MR) is 48.8 cm³/mol. The Balaban J connectivity index is 2.40. The van der Waals surface area contributed by atoms with E-state index in [1.165, 1.54) is 4.80 Å². The number of likely N-dealkylation sites (N-methyl/N-ethyl adjacent to an activating group) is 1. The normalized spacial score (nSPS) is 13.6. The van der Waals surface area contributed by atoms with Gasteiger partial charge in [-0.15, -0.1) is 10.2 Å². The van der Waals surface area contributed by atoms with Crippen molar-refractivity contribution >= 4 is 0 Å². The van der Waals surface area contributed by atoms with Gasteiger partial charge in [-0.3, -0.25) is 4.90 Å². The van der Waals surface area contributed by atoms with Gasteiger partial charge in [-0.1, -0.05) is 0 Å². The standard InChI is InChI=1S/C7H16N6/c1-6(8)4-12(2)5-7-9-11-13(3)10-7/h6H,4-5,8H2,1-3H3. The van der Waals surface area contributed by atoms with Gasteiger partial charge in [-0.05, 0) is 19.2 Å². The molecule has 0 aliphatic rings. The SMILES string of the molecule is CC(N)CN(C)Cc1nnn(C)n1. The molecule has 0 bridgehead atoms. The van der Waals surface area contributed by atoms with Crippen molar-refractivity contribution in [3.8, 4) is 0 Å². The molecule has 1 rings (SSSR count). The summed E-state index contributed by atoms with van der Waals surface area (Å²) < 4.78 is 0. The first-order valence-corrected chi connectivity index (χ1v) is 4.25. The Hall–Kier alpha value is -1.01. The molecule has 1 unspecified atom stereocenters. The molecule has 1 aromatic rings. The molecular weight excluding hydrogens is 168 g/mol. The summed E-state index contributed by atoms with van der Waals surface area (Å²) in [4.78, 5) is 3.52. The molecule has 74 valence electrons. The lowest BCUT2D eigenvalue weighted by Crippen LogP contribution is -2.32. The third-order valence-corrected chi connectivity index (χ3v) is 1.56. The minimum absolute atomic E-state index is 0.168. The molecule has 0 fully saturated rings. The van der Waals surface area contributed by atoms with E-state index in [2.05, 4.69) is 20.3 Å². The zero-order chi connectivity index (χ0) is 9.84. The van der Waals surface area contributed by atoms with E-state index in [-0.39, 0.29) is 6.04 Å². The second kappa shape index (κ2) is 4.29. The molecule has 2 N–H and O–H groups in total. The molecule has 1 atom stereocenters. The minimum atomic E-state index is 0.168. The number of hydrogen-bond acceptors (Lipinski definition) is 5. The molecule has 0 saturated carbocycles. The topological polar surface area (TPSA) is 72.9 Å². The zero-order valence-electron chi connectivity index (χ0n) is 8.30. The Kier molecular flexibility index (Phi) is 3.32. The summed E-state index contributed by atoms with van der Waals surface area (Å²) in [5, 5.41) is 11.7. The van der Waals surface area contributed by atoms with Crippen molar-refractivity contribution in [2.75, 3.05) is 13.6 Å². The third kappa shape index (κ3) is 3.47. The first-order valence-electron chi connectivity index (χ1n) is 4.25. The lowest BCUT2D eigenvalue weighted by atomic mass is 10.3. The Morgan fingerprint density at radius 2 is 2.31 bits per heavy atom. The summed E-state index contributed by atoms with van der Waals surface area (Å²) in [6.07, 6.45) is 0. The van der Waals surface area contributed by atoms with E-state index in [9.17, 15) is 0 Å². The lowest BCUT2D eigenvalue weighted by molar-refractivity contribution is 0.302. The zero-order valence-corrected chi connectivity index (χ0v) is 8.30. The molecular formula is C7H16N6. The number of aromatic nitrogens is 4. The smallest absolute Gasteiger partial charge is 0.188 e. The van der Waals surface area contributed by atoms with Crippen LogP contribution in [0.4, 0.5) is 0 Å². The fourth-order valence-corrected chi connectivity index (χ4v) is 1.18. The van der Waals surface area contributed by atoms with Crippen molar-refractivity contribution in [2.45, 2.75) is 19.5 Å². The second-order valence-corrected chi connectivity index (χ2v) is 3.37. The summed E-state index contributed by atoms with van der Waals surface area (Å²) in [7, 11) is 3.74. The maximum absolute atomic E-state index is 5.65. The summed E-state index contributed by atoms with van der Waals surface area (Å²) in [6, 6.07) is 0.168. The van der Waals surface area contributed by atoms with Gasteiger partial charge in [0.2, 0.25) is 0 Å². The van der Waals surface area contributed by atoms with Gasteiger partial charge >= 0.3 is 0 Å². The first-order chi connectivity index (χ1) is 6.08. The van der Waals surface area contributed by atoms with Crippen LogP contribution in [-0.4, -0.2) is 44.7 Å². The summed E-state index contributed by atoms with van der Waals surface area (Å²) >= 11 is 0. The van der Waals surface area contributed by atoms with Crippen LogP contribution in [0.2, 0.25) is 0 Å². The van der Waals surface area contributed by atoms with Crippen LogP contribution in [0, 0.1) is 0 Å². The van der Waals surface area contributed by atoms with Gasteiger partial charge in [0.25, 0.3) is 0 Å². The van der Waals surface area contributed by atoms with E-state index in [1.54, 1.807) is 7.05 Å². The van der Waals surface area contributed by atoms with E-state index in [0.717, 1.165) is 12.4 Å². The van der Waals surface area contributed by atoms with E-state index in [4.69, 9.17) is 5.73 Å². The Morgan fingerprint density at radius 1 is 1.62 bits per heavy atom. The predicted octanol–water partition coefficient (Wildman–Crippen LogP) is -1.01. The van der Waals surface area contributed by atoms with Gasteiger partial charge in [0.1, 0.15) is 0 Å². The minimum Gasteiger partial charge on any atom is -0.327 e. The van der Waals surface area contributed by atoms with Crippen molar-refractivity contribution in [3.63, 3.8) is 0 Å². The van der Waals surface area contributed by atoms with Gasteiger partial charge in [0.05, 0.1) is 13.6 Å². The van der Waals surface area contributed by atoms with E-state index < -0.39 is 0 Å². The molecule has 0 spiro atoms. The monoisotopic (exact) mass is 184 g/mol. The number of hydrogen-bond donors (Lipinski definition) is 1. The van der Waals surface area contributed by atoms with Crippen molar-refractivity contribution < 1.29 is 0 Å². The van der Waals surface area contributed by atoms with Gasteiger partial charge in [-0.25, -0.2) is 0 Å². The maximum atomic E-state index is 5.65. The van der Waals surface area contributed by atoms with Crippen molar-refractivity contribution in [2.24, 2.45) is 12.8 Å². The van der Waals surface area contributed by atoms with Crippen molar-refractivity contribution in [3.05, 3.63) is 5.82 Å². The molecule has 6 heteroatoms. The highest BCUT2D eigenvalue weighted by molar-refractivity contribution is 4.76. The average Bonchev–Trinajstić information content (AvgIpc) is 2.33. The van der Waals surface area contributed by atoms with Crippen LogP contribution in [0.3, 0.4) is 0 Å². The highest BCUT2D eigenvalue weighted by Gasteiger charge is 2.06. The number of rotatable bonds is 4. The Labute approximate surface area is 77.7 Å². The van der Waals surface area contributed by atoms with E-state index in [1.807, 2.05) is 14.0 Å². The quantitative estimate of drug-likeness (QED) is 0.649. The molecule has 0 radical (unpaired) electrons. The number of tetrazole rings is 1. The molecule has 0 aliphatic carbocycles. The van der Waals surface area contributed by atoms with Crippen LogP contribution in [0.5, 0.6) is 0 Å². The van der Waals surface area contributed by atoms with E-state index in [0.29, 0.717) is 6.54 Å². The molecule has 0 amide bonds. The Morgan fingerprint density at radius 3 is 2.77 bits per heavy atom. The van der Waals surface area contributed by atoms with Crippen LogP contribution >= 0.6 is 0 Å². The van der Waals surface area contributed by atoms with Gasteiger partial charge in [-0.2, -0.15) is 4.80 Å². The largest absolute Gasteiger partial charge is 0.327 e.